The lowest BCUT2D eigenvalue weighted by molar-refractivity contribution is -0.130. The van der Waals surface area contributed by atoms with Gasteiger partial charge in [0.15, 0.2) is 0 Å². The molecule has 1 aromatic heterocycles. The van der Waals surface area contributed by atoms with Crippen LogP contribution < -0.4 is 5.32 Å². The number of imidazole rings is 1. The molecule has 0 bridgehead atoms. The van der Waals surface area contributed by atoms with E-state index in [1.54, 1.807) is 0 Å². The quantitative estimate of drug-likeness (QED) is 0.517. The van der Waals surface area contributed by atoms with E-state index in [9.17, 15) is 14.0 Å². The zero-order valence-electron chi connectivity index (χ0n) is 18.2. The van der Waals surface area contributed by atoms with E-state index in [0.29, 0.717) is 18.7 Å². The van der Waals surface area contributed by atoms with Crippen molar-refractivity contribution in [3.05, 3.63) is 65.7 Å². The maximum Gasteiger partial charge on any atom is 0.251 e. The van der Waals surface area contributed by atoms with Crippen LogP contribution in [0.5, 0.6) is 0 Å². The van der Waals surface area contributed by atoms with Crippen molar-refractivity contribution in [3.63, 3.8) is 0 Å². The Morgan fingerprint density at radius 3 is 2.50 bits per heavy atom. The molecule has 0 saturated carbocycles. The molecule has 0 unspecified atom stereocenters. The Morgan fingerprint density at radius 1 is 0.969 bits per heavy atom. The van der Waals surface area contributed by atoms with Crippen molar-refractivity contribution in [1.29, 1.82) is 0 Å². The van der Waals surface area contributed by atoms with Gasteiger partial charge in [0.1, 0.15) is 18.2 Å². The first kappa shape index (κ1) is 22.0. The van der Waals surface area contributed by atoms with Crippen LogP contribution in [0, 0.1) is 5.82 Å². The number of hydrogen-bond donors (Lipinski definition) is 1. The molecule has 2 aromatic carbocycles. The van der Waals surface area contributed by atoms with Gasteiger partial charge in [-0.15, -0.1) is 0 Å². The Labute approximate surface area is 187 Å². The second-order valence-electron chi connectivity index (χ2n) is 8.26. The second-order valence-corrected chi connectivity index (χ2v) is 8.26. The van der Waals surface area contributed by atoms with E-state index < -0.39 is 0 Å². The van der Waals surface area contributed by atoms with Gasteiger partial charge in [-0.05, 0) is 62.1 Å². The molecule has 1 aliphatic rings. The summed E-state index contributed by atoms with van der Waals surface area (Å²) < 4.78 is 15.0. The minimum Gasteiger partial charge on any atom is -0.352 e. The molecular formula is C25H29FN4O2. The summed E-state index contributed by atoms with van der Waals surface area (Å²) in [4.78, 5) is 31.5. The topological polar surface area (TPSA) is 67.2 Å². The predicted octanol–water partition coefficient (Wildman–Crippen LogP) is 3.94. The number of nitrogens with zero attached hydrogens (tertiary/aromatic N) is 3. The van der Waals surface area contributed by atoms with Gasteiger partial charge in [0.25, 0.3) is 5.91 Å². The summed E-state index contributed by atoms with van der Waals surface area (Å²) in [7, 11) is 0. The number of likely N-dealkylation sites (tertiary alicyclic amines) is 1. The summed E-state index contributed by atoms with van der Waals surface area (Å²) in [6, 6.07) is 13.5. The number of carbonyl (C=O) groups is 2. The molecule has 1 aliphatic heterocycles. The Balaban J connectivity index is 1.28. The van der Waals surface area contributed by atoms with Gasteiger partial charge in [0.05, 0.1) is 11.0 Å². The number of para-hydroxylation sites is 2. The highest BCUT2D eigenvalue weighted by Crippen LogP contribution is 2.19. The molecule has 3 aromatic rings. The third-order valence-corrected chi connectivity index (χ3v) is 5.95. The van der Waals surface area contributed by atoms with Crippen LogP contribution in [0.15, 0.2) is 48.5 Å². The lowest BCUT2D eigenvalue weighted by Gasteiger charge is -2.17. The van der Waals surface area contributed by atoms with Gasteiger partial charge in [-0.3, -0.25) is 9.59 Å². The third kappa shape index (κ3) is 5.33. The Bertz CT molecular complexity index is 1070. The van der Waals surface area contributed by atoms with Crippen LogP contribution in [-0.4, -0.2) is 45.9 Å². The number of halogens is 1. The number of amides is 2. The largest absolute Gasteiger partial charge is 0.352 e. The number of aromatic nitrogens is 2. The number of fused-ring (bicyclic) bond motifs is 1. The number of unbranched alkanes of at least 4 members (excludes halogenated alkanes) is 2. The molecule has 1 saturated heterocycles. The van der Waals surface area contributed by atoms with E-state index in [-0.39, 0.29) is 17.6 Å². The summed E-state index contributed by atoms with van der Waals surface area (Å²) in [5.74, 6) is 0.562. The highest BCUT2D eigenvalue weighted by molar-refractivity contribution is 5.94. The zero-order valence-corrected chi connectivity index (χ0v) is 18.2. The minimum atomic E-state index is -0.352. The van der Waals surface area contributed by atoms with Gasteiger partial charge in [0.2, 0.25) is 5.91 Å². The second kappa shape index (κ2) is 10.4. The maximum absolute atomic E-state index is 13.0. The molecule has 4 rings (SSSR count). The first-order valence-corrected chi connectivity index (χ1v) is 11.4. The van der Waals surface area contributed by atoms with E-state index in [4.69, 9.17) is 4.98 Å². The van der Waals surface area contributed by atoms with Gasteiger partial charge in [-0.25, -0.2) is 9.37 Å². The lowest BCUT2D eigenvalue weighted by Crippen LogP contribution is -2.31. The van der Waals surface area contributed by atoms with Crippen LogP contribution in [0.25, 0.3) is 11.0 Å². The van der Waals surface area contributed by atoms with Crippen molar-refractivity contribution in [1.82, 2.24) is 19.8 Å². The number of nitrogens with one attached hydrogen (secondary N) is 1. The molecule has 2 amide bonds. The van der Waals surface area contributed by atoms with Crippen molar-refractivity contribution in [2.24, 2.45) is 0 Å². The summed E-state index contributed by atoms with van der Waals surface area (Å²) in [5, 5.41) is 2.87. The Kier molecular flexibility index (Phi) is 7.14. The SMILES string of the molecule is O=C(NCCCCCc1nc2ccccc2n1CC(=O)N1CCCC1)c1ccc(F)cc1. The molecule has 0 atom stereocenters. The average Bonchev–Trinajstić information content (AvgIpc) is 3.45. The zero-order chi connectivity index (χ0) is 22.3. The fourth-order valence-corrected chi connectivity index (χ4v) is 4.18. The van der Waals surface area contributed by atoms with E-state index in [0.717, 1.165) is 68.5 Å². The number of benzene rings is 2. The van der Waals surface area contributed by atoms with Gasteiger partial charge in [-0.1, -0.05) is 18.6 Å². The van der Waals surface area contributed by atoms with Crippen molar-refractivity contribution in [3.8, 4) is 0 Å². The first-order valence-electron chi connectivity index (χ1n) is 11.4. The summed E-state index contributed by atoms with van der Waals surface area (Å²) in [6.07, 6.45) is 5.66. The molecule has 0 spiro atoms. The summed E-state index contributed by atoms with van der Waals surface area (Å²) in [6.45, 7) is 2.61. The van der Waals surface area contributed by atoms with Crippen LogP contribution in [0.3, 0.4) is 0 Å². The number of aryl methyl sites for hydroxylation is 1. The van der Waals surface area contributed by atoms with Crippen molar-refractivity contribution in [2.45, 2.75) is 45.1 Å². The van der Waals surface area contributed by atoms with Crippen LogP contribution in [-0.2, 0) is 17.8 Å². The molecule has 0 radical (unpaired) electrons. The van der Waals surface area contributed by atoms with Gasteiger partial charge in [0, 0.05) is 31.6 Å². The molecule has 168 valence electrons. The van der Waals surface area contributed by atoms with Crippen molar-refractivity contribution in [2.75, 3.05) is 19.6 Å². The van der Waals surface area contributed by atoms with Gasteiger partial charge in [-0.2, -0.15) is 0 Å². The monoisotopic (exact) mass is 436 g/mol. The fraction of sp³-hybridized carbons (Fsp3) is 0.400. The van der Waals surface area contributed by atoms with Gasteiger partial charge >= 0.3 is 0 Å². The summed E-state index contributed by atoms with van der Waals surface area (Å²) in [5.41, 5.74) is 2.38. The maximum atomic E-state index is 13.0. The fourth-order valence-electron chi connectivity index (χ4n) is 4.18. The predicted molar refractivity (Wildman–Crippen MR) is 122 cm³/mol. The normalized spacial score (nSPS) is 13.6. The molecule has 6 nitrogen and oxygen atoms in total. The third-order valence-electron chi connectivity index (χ3n) is 5.95. The highest BCUT2D eigenvalue weighted by Gasteiger charge is 2.20. The molecule has 7 heteroatoms. The van der Waals surface area contributed by atoms with Crippen molar-refractivity contribution >= 4 is 22.8 Å². The van der Waals surface area contributed by atoms with Gasteiger partial charge < -0.3 is 14.8 Å². The standard InChI is InChI=1S/C25H29FN4O2/c26-20-13-11-19(12-14-20)25(32)27-15-5-1-2-10-23-28-21-8-3-4-9-22(21)30(23)18-24(31)29-16-6-7-17-29/h3-4,8-9,11-14H,1-2,5-7,10,15-18H2,(H,27,32). The first-order chi connectivity index (χ1) is 15.6. The Morgan fingerprint density at radius 2 is 1.72 bits per heavy atom. The minimum absolute atomic E-state index is 0.162. The van der Waals surface area contributed by atoms with E-state index in [2.05, 4.69) is 9.88 Å². The van der Waals surface area contributed by atoms with Crippen LogP contribution >= 0.6 is 0 Å². The Hall–Kier alpha value is -3.22. The van der Waals surface area contributed by atoms with Crippen LogP contribution in [0.1, 0.15) is 48.3 Å². The lowest BCUT2D eigenvalue weighted by atomic mass is 10.1. The number of carbonyl (C=O) groups excluding carboxylic acids is 2. The van der Waals surface area contributed by atoms with E-state index in [1.165, 1.54) is 24.3 Å². The molecule has 32 heavy (non-hydrogen) atoms. The molecular weight excluding hydrogens is 407 g/mol. The van der Waals surface area contributed by atoms with E-state index >= 15 is 0 Å². The molecule has 1 fully saturated rings. The average molecular weight is 437 g/mol. The summed E-state index contributed by atoms with van der Waals surface area (Å²) >= 11 is 0. The molecule has 2 heterocycles. The van der Waals surface area contributed by atoms with E-state index in [1.807, 2.05) is 29.2 Å². The highest BCUT2D eigenvalue weighted by atomic mass is 19.1. The molecule has 0 aliphatic carbocycles. The van der Waals surface area contributed by atoms with Crippen LogP contribution in [0.2, 0.25) is 0 Å². The smallest absolute Gasteiger partial charge is 0.251 e. The van der Waals surface area contributed by atoms with Crippen molar-refractivity contribution < 1.29 is 14.0 Å². The number of hydrogen-bond acceptors (Lipinski definition) is 3. The van der Waals surface area contributed by atoms with Crippen LogP contribution in [0.4, 0.5) is 4.39 Å². The number of rotatable bonds is 9. The molecule has 1 N–H and O–H groups in total.